The number of hydrogen-bond donors (Lipinski definition) is 2. The van der Waals surface area contributed by atoms with Gasteiger partial charge in [0.05, 0.1) is 0 Å². The molecule has 4 nitrogen and oxygen atoms in total. The van der Waals surface area contributed by atoms with Gasteiger partial charge in [0.25, 0.3) is 5.91 Å². The van der Waals surface area contributed by atoms with Crippen LogP contribution in [0.15, 0.2) is 59.1 Å². The van der Waals surface area contributed by atoms with E-state index in [0.717, 1.165) is 11.1 Å². The van der Waals surface area contributed by atoms with Crippen molar-refractivity contribution >= 4 is 24.0 Å². The van der Waals surface area contributed by atoms with Gasteiger partial charge in [-0.15, -0.1) is 0 Å². The van der Waals surface area contributed by atoms with Crippen LogP contribution in [0.2, 0.25) is 0 Å². The number of carbonyl (C=O) groups excluding carboxylic acids is 1. The number of fused-ring (bicyclic) bond motifs is 2. The molecule has 1 aromatic rings. The van der Waals surface area contributed by atoms with Crippen molar-refractivity contribution in [2.45, 2.75) is 0 Å². The number of guanidine groups is 1. The molecule has 0 aliphatic heterocycles. The van der Waals surface area contributed by atoms with Gasteiger partial charge in [-0.05, 0) is 28.8 Å². The molecule has 4 heteroatoms. The molecule has 0 spiro atoms. The molecule has 0 saturated heterocycles. The molecule has 0 saturated carbocycles. The first-order chi connectivity index (χ1) is 10.1. The van der Waals surface area contributed by atoms with Gasteiger partial charge in [0.15, 0.2) is 5.96 Å². The van der Waals surface area contributed by atoms with Crippen molar-refractivity contribution in [2.75, 3.05) is 0 Å². The summed E-state index contributed by atoms with van der Waals surface area (Å²) in [6.45, 7) is 0. The summed E-state index contributed by atoms with van der Waals surface area (Å²) in [4.78, 5) is 15.4. The highest BCUT2D eigenvalue weighted by Gasteiger charge is 2.14. The van der Waals surface area contributed by atoms with Crippen molar-refractivity contribution in [3.05, 3.63) is 70.8 Å². The maximum absolute atomic E-state index is 11.9. The normalized spacial score (nSPS) is 18.3. The highest BCUT2D eigenvalue weighted by molar-refractivity contribution is 6.02. The van der Waals surface area contributed by atoms with E-state index in [1.54, 1.807) is 6.07 Å². The molecule has 2 aliphatic carbocycles. The molecule has 0 bridgehead atoms. The maximum Gasteiger partial charge on any atom is 0.280 e. The Labute approximate surface area is 122 Å². The fraction of sp³-hybridized carbons (Fsp3) is 0.0588. The SMILES string of the molecule is NC(N)=NC(=O)c1ccc2c(c1)C=CC1C=CC=CC1=C2. The zero-order chi connectivity index (χ0) is 14.8. The van der Waals surface area contributed by atoms with Gasteiger partial charge in [-0.3, -0.25) is 4.79 Å². The van der Waals surface area contributed by atoms with Gasteiger partial charge in [0.2, 0.25) is 0 Å². The number of nitrogens with zero attached hydrogens (tertiary/aromatic N) is 1. The molecule has 3 rings (SSSR count). The molecule has 1 unspecified atom stereocenters. The average Bonchev–Trinajstić information content (AvgIpc) is 2.64. The molecular formula is C17H15N3O. The van der Waals surface area contributed by atoms with Crippen LogP contribution in [0.5, 0.6) is 0 Å². The third kappa shape index (κ3) is 2.69. The van der Waals surface area contributed by atoms with Crippen LogP contribution in [0.25, 0.3) is 12.2 Å². The number of aliphatic imine (C=N–C) groups is 1. The van der Waals surface area contributed by atoms with Crippen molar-refractivity contribution in [1.29, 1.82) is 0 Å². The van der Waals surface area contributed by atoms with Gasteiger partial charge in [0.1, 0.15) is 0 Å². The number of benzene rings is 1. The van der Waals surface area contributed by atoms with Gasteiger partial charge >= 0.3 is 0 Å². The molecular weight excluding hydrogens is 262 g/mol. The summed E-state index contributed by atoms with van der Waals surface area (Å²) in [5.41, 5.74) is 14.2. The summed E-state index contributed by atoms with van der Waals surface area (Å²) in [6.07, 6.45) is 14.6. The molecule has 1 atom stereocenters. The Morgan fingerprint density at radius 3 is 2.71 bits per heavy atom. The lowest BCUT2D eigenvalue weighted by Gasteiger charge is -2.10. The lowest BCUT2D eigenvalue weighted by atomic mass is 9.94. The van der Waals surface area contributed by atoms with E-state index in [4.69, 9.17) is 11.5 Å². The van der Waals surface area contributed by atoms with Crippen molar-refractivity contribution in [3.63, 3.8) is 0 Å². The summed E-state index contributed by atoms with van der Waals surface area (Å²) >= 11 is 0. The number of carbonyl (C=O) groups is 1. The van der Waals surface area contributed by atoms with Crippen LogP contribution in [0.4, 0.5) is 0 Å². The number of rotatable bonds is 1. The third-order valence-electron chi connectivity index (χ3n) is 3.47. The van der Waals surface area contributed by atoms with Crippen LogP contribution < -0.4 is 11.5 Å². The molecule has 21 heavy (non-hydrogen) atoms. The van der Waals surface area contributed by atoms with Crippen molar-refractivity contribution in [3.8, 4) is 0 Å². The van der Waals surface area contributed by atoms with E-state index in [2.05, 4.69) is 29.3 Å². The number of amides is 1. The second-order valence-corrected chi connectivity index (χ2v) is 4.96. The standard InChI is InChI=1S/C17H15N3O/c18-17(19)20-16(21)15-8-7-13-9-12-4-2-1-3-11(12)5-6-14(13)10-15/h1-11H,(H4,18,19,20,21). The smallest absolute Gasteiger partial charge is 0.280 e. The molecule has 1 amide bonds. The van der Waals surface area contributed by atoms with E-state index in [9.17, 15) is 4.79 Å². The third-order valence-corrected chi connectivity index (χ3v) is 3.47. The first-order valence-corrected chi connectivity index (χ1v) is 6.66. The lowest BCUT2D eigenvalue weighted by Crippen LogP contribution is -2.24. The molecule has 0 fully saturated rings. The van der Waals surface area contributed by atoms with E-state index in [-0.39, 0.29) is 11.9 Å². The van der Waals surface area contributed by atoms with Gasteiger partial charge in [0, 0.05) is 11.5 Å². The Kier molecular flexibility index (Phi) is 3.28. The average molecular weight is 277 g/mol. The van der Waals surface area contributed by atoms with E-state index in [1.807, 2.05) is 30.4 Å². The minimum absolute atomic E-state index is 0.228. The number of nitrogens with two attached hydrogens (primary N) is 2. The number of hydrogen-bond acceptors (Lipinski definition) is 1. The van der Waals surface area contributed by atoms with Crippen molar-refractivity contribution in [2.24, 2.45) is 22.4 Å². The Balaban J connectivity index is 2.02. The number of allylic oxidation sites excluding steroid dienone is 6. The van der Waals surface area contributed by atoms with Crippen LogP contribution in [-0.4, -0.2) is 11.9 Å². The Hall–Kier alpha value is -2.88. The minimum atomic E-state index is -0.430. The van der Waals surface area contributed by atoms with Crippen LogP contribution >= 0.6 is 0 Å². The van der Waals surface area contributed by atoms with Crippen molar-refractivity contribution in [1.82, 2.24) is 0 Å². The van der Waals surface area contributed by atoms with Gasteiger partial charge in [-0.25, -0.2) is 0 Å². The largest absolute Gasteiger partial charge is 0.370 e. The summed E-state index contributed by atoms with van der Waals surface area (Å²) in [5.74, 6) is -0.381. The topological polar surface area (TPSA) is 81.5 Å². The Morgan fingerprint density at radius 2 is 1.90 bits per heavy atom. The summed E-state index contributed by atoms with van der Waals surface area (Å²) in [7, 11) is 0. The summed E-state index contributed by atoms with van der Waals surface area (Å²) in [5, 5.41) is 0. The molecule has 0 radical (unpaired) electrons. The predicted octanol–water partition coefficient (Wildman–Crippen LogP) is 2.25. The Morgan fingerprint density at radius 1 is 1.05 bits per heavy atom. The zero-order valence-electron chi connectivity index (χ0n) is 11.4. The molecule has 104 valence electrons. The fourth-order valence-corrected chi connectivity index (χ4v) is 2.44. The van der Waals surface area contributed by atoms with Gasteiger partial charge in [-0.2, -0.15) is 4.99 Å². The maximum atomic E-state index is 11.9. The van der Waals surface area contributed by atoms with Crippen LogP contribution in [0, 0.1) is 5.92 Å². The van der Waals surface area contributed by atoms with E-state index in [0.29, 0.717) is 5.56 Å². The highest BCUT2D eigenvalue weighted by Crippen LogP contribution is 2.29. The van der Waals surface area contributed by atoms with E-state index < -0.39 is 5.91 Å². The molecule has 2 aliphatic rings. The fourth-order valence-electron chi connectivity index (χ4n) is 2.44. The minimum Gasteiger partial charge on any atom is -0.370 e. The zero-order valence-corrected chi connectivity index (χ0v) is 11.4. The second kappa shape index (κ2) is 5.25. The van der Waals surface area contributed by atoms with Crippen LogP contribution in [-0.2, 0) is 0 Å². The van der Waals surface area contributed by atoms with Crippen LogP contribution in [0.1, 0.15) is 21.5 Å². The Bertz CT molecular complexity index is 747. The van der Waals surface area contributed by atoms with Gasteiger partial charge < -0.3 is 11.5 Å². The predicted molar refractivity (Wildman–Crippen MR) is 85.4 cm³/mol. The molecule has 0 heterocycles. The van der Waals surface area contributed by atoms with Crippen molar-refractivity contribution < 1.29 is 4.79 Å². The first kappa shape index (κ1) is 13.1. The molecule has 0 aromatic heterocycles. The first-order valence-electron chi connectivity index (χ1n) is 6.66. The summed E-state index contributed by atoms with van der Waals surface area (Å²) < 4.78 is 0. The summed E-state index contributed by atoms with van der Waals surface area (Å²) in [6, 6.07) is 5.46. The van der Waals surface area contributed by atoms with Gasteiger partial charge in [-0.1, -0.05) is 48.6 Å². The molecule has 4 N–H and O–H groups in total. The monoisotopic (exact) mass is 277 g/mol. The highest BCUT2D eigenvalue weighted by atomic mass is 16.1. The van der Waals surface area contributed by atoms with E-state index in [1.165, 1.54) is 5.57 Å². The lowest BCUT2D eigenvalue weighted by molar-refractivity contribution is 0.100. The second-order valence-electron chi connectivity index (χ2n) is 4.96. The quantitative estimate of drug-likeness (QED) is 0.610. The molecule has 1 aromatic carbocycles. The van der Waals surface area contributed by atoms with Crippen LogP contribution in [0.3, 0.4) is 0 Å². The van der Waals surface area contributed by atoms with E-state index >= 15 is 0 Å².